The molecule has 0 aliphatic carbocycles. The number of nitrogens with one attached hydrogen (secondary N) is 3. The molecule has 24 nitrogen and oxygen atoms in total. The highest BCUT2D eigenvalue weighted by atomic mass is 16.6. The average Bonchev–Trinajstić information content (AvgIpc) is 3.26. The molecule has 440 valence electrons. The quantitative estimate of drug-likeness (QED) is 0.0179. The summed E-state index contributed by atoms with van der Waals surface area (Å²) in [7, 11) is 0. The van der Waals surface area contributed by atoms with Crippen LogP contribution in [0.3, 0.4) is 0 Å². The zero-order chi connectivity index (χ0) is 59.2. The molecule has 3 amide bonds. The van der Waals surface area contributed by atoms with E-state index in [-0.39, 0.29) is 58.2 Å². The van der Waals surface area contributed by atoms with Crippen molar-refractivity contribution in [1.29, 1.82) is 0 Å². The molecule has 0 unspecified atom stereocenters. The van der Waals surface area contributed by atoms with E-state index >= 15 is 0 Å². The molecule has 3 N–H and O–H groups in total. The van der Waals surface area contributed by atoms with Crippen molar-refractivity contribution in [3.8, 4) is 0 Å². The lowest BCUT2D eigenvalue weighted by atomic mass is 9.86. The summed E-state index contributed by atoms with van der Waals surface area (Å²) >= 11 is 0. The minimum absolute atomic E-state index is 0.107. The van der Waals surface area contributed by atoms with Crippen molar-refractivity contribution < 1.29 is 85.8 Å². The Bertz CT molecular complexity index is 1980. The highest BCUT2D eigenvalue weighted by Crippen LogP contribution is 2.22. The number of ether oxygens (including phenoxy) is 8. The molecule has 0 aromatic rings. The van der Waals surface area contributed by atoms with Gasteiger partial charge < -0.3 is 53.8 Å². The van der Waals surface area contributed by atoms with E-state index in [1.807, 2.05) is 0 Å². The molecule has 0 aliphatic rings. The van der Waals surface area contributed by atoms with Gasteiger partial charge in [0, 0.05) is 49.0 Å². The van der Waals surface area contributed by atoms with Gasteiger partial charge in [-0.05, 0) is 101 Å². The van der Waals surface area contributed by atoms with Crippen molar-refractivity contribution in [2.75, 3.05) is 65.9 Å². The summed E-state index contributed by atoms with van der Waals surface area (Å²) in [6, 6.07) is -2.94. The zero-order valence-corrected chi connectivity index (χ0v) is 48.4. The lowest BCUT2D eigenvalue weighted by molar-refractivity contribution is -0.158. The maximum atomic E-state index is 14.3. The fraction of sp³-hybridized carbons (Fsp3) is 0.811. The number of azide groups is 1. The molecular weight excluding hydrogens is 1010 g/mol. The number of ketones is 3. The van der Waals surface area contributed by atoms with Crippen LogP contribution in [0.15, 0.2) is 5.11 Å². The first-order chi connectivity index (χ1) is 35.5. The van der Waals surface area contributed by atoms with Gasteiger partial charge in [0.15, 0.2) is 11.6 Å². The van der Waals surface area contributed by atoms with Gasteiger partial charge in [-0.1, -0.05) is 25.9 Å². The largest absolute Gasteiger partial charge is 0.460 e. The van der Waals surface area contributed by atoms with Crippen LogP contribution in [0.2, 0.25) is 0 Å². The van der Waals surface area contributed by atoms with Crippen molar-refractivity contribution in [3.63, 3.8) is 0 Å². The first-order valence-corrected chi connectivity index (χ1v) is 26.2. The summed E-state index contributed by atoms with van der Waals surface area (Å²) in [5.41, 5.74) is 5.38. The number of nitrogens with zero attached hydrogens (tertiary/aromatic N) is 3. The number of amides is 3. The fourth-order valence-corrected chi connectivity index (χ4v) is 6.88. The summed E-state index contributed by atoms with van der Waals surface area (Å²) in [5.74, 6) is -11.0. The lowest BCUT2D eigenvalue weighted by Crippen LogP contribution is -2.49. The van der Waals surface area contributed by atoms with E-state index in [1.165, 1.54) is 6.92 Å². The molecule has 0 radical (unpaired) electrons. The van der Waals surface area contributed by atoms with Crippen molar-refractivity contribution in [2.45, 2.75) is 190 Å². The van der Waals surface area contributed by atoms with Gasteiger partial charge >= 0.3 is 23.9 Å². The molecule has 0 saturated heterocycles. The van der Waals surface area contributed by atoms with Crippen LogP contribution in [-0.2, 0) is 85.8 Å². The lowest BCUT2D eigenvalue weighted by Gasteiger charge is -2.27. The maximum Gasteiger partial charge on any atom is 0.308 e. The SMILES string of the molecule is CC(C)[C@H](CC(=O)[C@H](CCC(=O)OC(C)(C)C)NC(=O)[C@@H](CC(=O)CN=[N+]=[N-])CC(=O)OC(C)(C)C)C(=O)N[C@@H](CC(=O)OC(C)(C)C)C(=O)C[C@@H](C)C(=O)NCCOCCOCCOCCOCCC(=O)OC(C)(C)C. The van der Waals surface area contributed by atoms with E-state index in [1.54, 1.807) is 96.9 Å². The number of rotatable bonds is 38. The monoisotopic (exact) mass is 1100 g/mol. The summed E-state index contributed by atoms with van der Waals surface area (Å²) in [6.07, 6.45) is -3.22. The van der Waals surface area contributed by atoms with Gasteiger partial charge in [0.1, 0.15) is 28.2 Å². The second kappa shape index (κ2) is 35.8. The normalized spacial score (nSPS) is 13.9. The van der Waals surface area contributed by atoms with Crippen LogP contribution < -0.4 is 16.0 Å². The highest BCUT2D eigenvalue weighted by molar-refractivity contribution is 5.98. The van der Waals surface area contributed by atoms with Crippen LogP contribution in [0.5, 0.6) is 0 Å². The van der Waals surface area contributed by atoms with E-state index in [4.69, 9.17) is 43.4 Å². The Morgan fingerprint density at radius 3 is 1.39 bits per heavy atom. The Labute approximate surface area is 454 Å². The smallest absolute Gasteiger partial charge is 0.308 e. The Balaban J connectivity index is 5.87. The van der Waals surface area contributed by atoms with Crippen LogP contribution in [0, 0.1) is 23.7 Å². The molecule has 0 saturated carbocycles. The first kappa shape index (κ1) is 71.5. The zero-order valence-electron chi connectivity index (χ0n) is 48.4. The van der Waals surface area contributed by atoms with Crippen LogP contribution in [0.1, 0.15) is 155 Å². The van der Waals surface area contributed by atoms with Gasteiger partial charge in [0.05, 0.1) is 96.7 Å². The van der Waals surface area contributed by atoms with Crippen molar-refractivity contribution in [3.05, 3.63) is 10.4 Å². The molecule has 0 heterocycles. The molecule has 5 atom stereocenters. The first-order valence-electron chi connectivity index (χ1n) is 26.2. The Hall–Kier alpha value is -5.55. The molecule has 0 spiro atoms. The maximum absolute atomic E-state index is 14.3. The molecule has 0 bridgehead atoms. The summed E-state index contributed by atoms with van der Waals surface area (Å²) in [6.45, 7) is 26.4. The number of hydrogen-bond donors (Lipinski definition) is 3. The minimum Gasteiger partial charge on any atom is -0.460 e. The van der Waals surface area contributed by atoms with E-state index in [0.29, 0.717) is 26.4 Å². The van der Waals surface area contributed by atoms with Gasteiger partial charge in [-0.2, -0.15) is 0 Å². The summed E-state index contributed by atoms with van der Waals surface area (Å²) in [4.78, 5) is 135. The van der Waals surface area contributed by atoms with Crippen LogP contribution in [0.25, 0.3) is 10.4 Å². The van der Waals surface area contributed by atoms with Crippen LogP contribution >= 0.6 is 0 Å². The van der Waals surface area contributed by atoms with Crippen molar-refractivity contribution in [1.82, 2.24) is 16.0 Å². The van der Waals surface area contributed by atoms with Crippen LogP contribution in [-0.4, -0.2) is 159 Å². The third kappa shape index (κ3) is 37.8. The van der Waals surface area contributed by atoms with Crippen molar-refractivity contribution >= 4 is 58.9 Å². The molecular formula is C53H90N6O18. The number of Topliss-reactive ketones (excluding diaryl/α,β-unsaturated/α-hetero) is 3. The van der Waals surface area contributed by atoms with Gasteiger partial charge in [-0.25, -0.2) is 0 Å². The highest BCUT2D eigenvalue weighted by Gasteiger charge is 2.36. The predicted molar refractivity (Wildman–Crippen MR) is 280 cm³/mol. The average molecular weight is 1100 g/mol. The van der Waals surface area contributed by atoms with Gasteiger partial charge in [0.25, 0.3) is 0 Å². The van der Waals surface area contributed by atoms with E-state index in [9.17, 15) is 47.9 Å². The number of carbonyl (C=O) groups is 10. The molecule has 0 rings (SSSR count). The molecule has 24 heteroatoms. The molecule has 77 heavy (non-hydrogen) atoms. The van der Waals surface area contributed by atoms with Crippen LogP contribution in [0.4, 0.5) is 0 Å². The number of esters is 4. The number of carbonyl (C=O) groups excluding carboxylic acids is 10. The Morgan fingerprint density at radius 1 is 0.481 bits per heavy atom. The van der Waals surface area contributed by atoms with E-state index in [0.717, 1.165) is 0 Å². The Morgan fingerprint density at radius 2 is 0.909 bits per heavy atom. The predicted octanol–water partition coefficient (Wildman–Crippen LogP) is 5.17. The molecule has 0 aromatic heterocycles. The topological polar surface area (TPSA) is 329 Å². The summed E-state index contributed by atoms with van der Waals surface area (Å²) in [5, 5.41) is 11.1. The fourth-order valence-electron chi connectivity index (χ4n) is 6.88. The van der Waals surface area contributed by atoms with E-state index in [2.05, 4.69) is 26.0 Å². The second-order valence-electron chi connectivity index (χ2n) is 22.8. The minimum atomic E-state index is -1.49. The van der Waals surface area contributed by atoms with Gasteiger partial charge in [-0.3, -0.25) is 47.9 Å². The van der Waals surface area contributed by atoms with Crippen molar-refractivity contribution in [2.24, 2.45) is 28.8 Å². The third-order valence-electron chi connectivity index (χ3n) is 10.3. The third-order valence-corrected chi connectivity index (χ3v) is 10.3. The molecule has 0 fully saturated rings. The van der Waals surface area contributed by atoms with E-state index < -0.39 is 150 Å². The molecule has 0 aliphatic heterocycles. The standard InChI is InChI=1S/C53H90N6O18/c1-34(2)38(31-42(62)39(16-17-43(63)74-50(4,5)6)57-48(68)36(29-37(60)33-56-59-54)30-45(65)76-52(10,11)12)49(69)58-40(32-46(66)77-53(13,14)15)41(61)28-35(3)47(67)55-19-21-71-23-25-73-27-26-72-24-22-70-20-18-44(64)75-51(7,8)9/h34-36,38-40H,16-33H2,1-15H3,(H,55,67)(H,57,68)(H,58,69)/t35-,36+,38+,39+,40+/m1/s1. The molecule has 0 aromatic carbocycles. The van der Waals surface area contributed by atoms with Gasteiger partial charge in [0.2, 0.25) is 17.7 Å². The summed E-state index contributed by atoms with van der Waals surface area (Å²) < 4.78 is 43.3. The number of hydrogen-bond acceptors (Lipinski definition) is 19. The Kier molecular flexibility index (Phi) is 33.2. The van der Waals surface area contributed by atoms with Gasteiger partial charge in [-0.15, -0.1) is 0 Å². The second-order valence-corrected chi connectivity index (χ2v) is 22.8.